The molecule has 0 atom stereocenters. The van der Waals surface area contributed by atoms with Gasteiger partial charge in [0.2, 0.25) is 5.95 Å². The number of piperidine rings is 2. The van der Waals surface area contributed by atoms with Gasteiger partial charge in [-0.05, 0) is 61.8 Å². The van der Waals surface area contributed by atoms with E-state index in [-0.39, 0.29) is 5.91 Å². The number of anilines is 2. The molecule has 0 unspecified atom stereocenters. The summed E-state index contributed by atoms with van der Waals surface area (Å²) in [5, 5.41) is 0. The Bertz CT molecular complexity index is 1010. The number of fused-ring (bicyclic) bond motifs is 1. The molecule has 7 heteroatoms. The number of carbonyl (C=O) groups excluding carboxylic acids is 1. The van der Waals surface area contributed by atoms with E-state index in [1.165, 1.54) is 25.7 Å². The van der Waals surface area contributed by atoms with Crippen LogP contribution in [-0.4, -0.2) is 60.6 Å². The van der Waals surface area contributed by atoms with Crippen molar-refractivity contribution >= 4 is 17.7 Å². The molecule has 5 rings (SSSR count). The minimum atomic E-state index is 0.0561. The summed E-state index contributed by atoms with van der Waals surface area (Å²) in [6.45, 7) is 10.0. The third-order valence-electron chi connectivity index (χ3n) is 7.80. The summed E-state index contributed by atoms with van der Waals surface area (Å²) in [6, 6.07) is 7.39. The first-order valence-electron chi connectivity index (χ1n) is 12.8. The Morgan fingerprint density at radius 2 is 1.50 bits per heavy atom. The lowest BCUT2D eigenvalue weighted by Crippen LogP contribution is -2.41. The van der Waals surface area contributed by atoms with Crippen LogP contribution in [0.4, 0.5) is 11.8 Å². The number of hydrogen-bond acceptors (Lipinski definition) is 6. The van der Waals surface area contributed by atoms with Crippen molar-refractivity contribution in [1.29, 1.82) is 0 Å². The molecule has 0 aliphatic carbocycles. The molecule has 0 saturated carbocycles. The van der Waals surface area contributed by atoms with Gasteiger partial charge in [0.15, 0.2) is 0 Å². The predicted molar refractivity (Wildman–Crippen MR) is 135 cm³/mol. The van der Waals surface area contributed by atoms with Gasteiger partial charge in [-0.3, -0.25) is 4.79 Å². The van der Waals surface area contributed by atoms with Crippen molar-refractivity contribution in [2.75, 3.05) is 49.6 Å². The molecule has 3 aliphatic heterocycles. The van der Waals surface area contributed by atoms with Crippen molar-refractivity contribution in [2.45, 2.75) is 52.5 Å². The second-order valence-corrected chi connectivity index (χ2v) is 10.3. The van der Waals surface area contributed by atoms with Crippen molar-refractivity contribution in [3.05, 3.63) is 41.1 Å². The Kier molecular flexibility index (Phi) is 6.61. The first-order chi connectivity index (χ1) is 16.5. The van der Waals surface area contributed by atoms with Crippen LogP contribution in [0.1, 0.15) is 61.1 Å². The van der Waals surface area contributed by atoms with Crippen LogP contribution in [-0.2, 0) is 13.0 Å². The van der Waals surface area contributed by atoms with E-state index in [1.807, 2.05) is 29.2 Å². The van der Waals surface area contributed by atoms with Gasteiger partial charge in [-0.15, -0.1) is 0 Å². The van der Waals surface area contributed by atoms with E-state index in [0.717, 1.165) is 73.2 Å². The van der Waals surface area contributed by atoms with Crippen LogP contribution in [0.3, 0.4) is 0 Å². The van der Waals surface area contributed by atoms with Crippen LogP contribution in [0.5, 0.6) is 5.75 Å². The van der Waals surface area contributed by atoms with Gasteiger partial charge in [-0.2, -0.15) is 4.98 Å². The fourth-order valence-electron chi connectivity index (χ4n) is 5.31. The van der Waals surface area contributed by atoms with Gasteiger partial charge in [0.25, 0.3) is 5.91 Å². The van der Waals surface area contributed by atoms with Crippen LogP contribution in [0.25, 0.3) is 0 Å². The maximum Gasteiger partial charge on any atom is 0.254 e. The van der Waals surface area contributed by atoms with Gasteiger partial charge in [0, 0.05) is 50.3 Å². The summed E-state index contributed by atoms with van der Waals surface area (Å²) in [4.78, 5) is 30.3. The summed E-state index contributed by atoms with van der Waals surface area (Å²) < 4.78 is 5.25. The number of ether oxygens (including phenoxy) is 1. The minimum Gasteiger partial charge on any atom is -0.497 e. The maximum atomic E-state index is 13.3. The largest absolute Gasteiger partial charge is 0.497 e. The van der Waals surface area contributed by atoms with Gasteiger partial charge in [-0.25, -0.2) is 4.98 Å². The van der Waals surface area contributed by atoms with Gasteiger partial charge in [-0.1, -0.05) is 13.8 Å². The zero-order chi connectivity index (χ0) is 23.7. The Morgan fingerprint density at radius 3 is 2.12 bits per heavy atom. The number of nitrogens with zero attached hydrogens (tertiary/aromatic N) is 5. The molecule has 0 radical (unpaired) electrons. The Labute approximate surface area is 203 Å². The van der Waals surface area contributed by atoms with E-state index in [1.54, 1.807) is 7.11 Å². The van der Waals surface area contributed by atoms with Gasteiger partial charge >= 0.3 is 0 Å². The summed E-state index contributed by atoms with van der Waals surface area (Å²) in [7, 11) is 1.64. The molecule has 4 heterocycles. The summed E-state index contributed by atoms with van der Waals surface area (Å²) in [5.41, 5.74) is 2.95. The van der Waals surface area contributed by atoms with Crippen molar-refractivity contribution in [3.63, 3.8) is 0 Å². The molecule has 0 spiro atoms. The molecule has 1 aromatic carbocycles. The van der Waals surface area contributed by atoms with Crippen LogP contribution < -0.4 is 14.5 Å². The molecule has 34 heavy (non-hydrogen) atoms. The number of carbonyl (C=O) groups is 1. The van der Waals surface area contributed by atoms with Crippen LogP contribution in [0.2, 0.25) is 0 Å². The van der Waals surface area contributed by atoms with E-state index in [9.17, 15) is 4.79 Å². The zero-order valence-corrected chi connectivity index (χ0v) is 20.8. The molecule has 2 fully saturated rings. The van der Waals surface area contributed by atoms with Crippen molar-refractivity contribution < 1.29 is 9.53 Å². The molecule has 2 saturated heterocycles. The third-order valence-corrected chi connectivity index (χ3v) is 7.80. The number of aromatic nitrogens is 2. The molecule has 1 aromatic heterocycles. The lowest BCUT2D eigenvalue weighted by atomic mass is 9.97. The number of rotatable bonds is 4. The monoisotopic (exact) mass is 463 g/mol. The molecule has 0 N–H and O–H groups in total. The van der Waals surface area contributed by atoms with Crippen molar-refractivity contribution in [1.82, 2.24) is 14.9 Å². The molecule has 1 amide bonds. The lowest BCUT2D eigenvalue weighted by Gasteiger charge is -2.37. The Morgan fingerprint density at radius 1 is 0.882 bits per heavy atom. The first kappa shape index (κ1) is 22.9. The Hall–Kier alpha value is -2.83. The number of methoxy groups -OCH3 is 1. The number of benzene rings is 1. The van der Waals surface area contributed by atoms with Crippen LogP contribution in [0.15, 0.2) is 24.3 Å². The summed E-state index contributed by atoms with van der Waals surface area (Å²) in [5.74, 6) is 4.28. The average molecular weight is 464 g/mol. The van der Waals surface area contributed by atoms with E-state index in [0.29, 0.717) is 18.7 Å². The molecule has 2 aromatic rings. The normalized spacial score (nSPS) is 19.8. The Balaban J connectivity index is 1.43. The summed E-state index contributed by atoms with van der Waals surface area (Å²) in [6.07, 6.45) is 5.53. The molecular formula is C27H37N5O2. The number of hydrogen-bond donors (Lipinski definition) is 0. The molecule has 0 bridgehead atoms. The molecular weight excluding hydrogens is 426 g/mol. The number of amides is 1. The van der Waals surface area contributed by atoms with Gasteiger partial charge < -0.3 is 19.4 Å². The highest BCUT2D eigenvalue weighted by atomic mass is 16.5. The highest BCUT2D eigenvalue weighted by Gasteiger charge is 2.31. The zero-order valence-electron chi connectivity index (χ0n) is 20.8. The molecule has 3 aliphatic rings. The highest BCUT2D eigenvalue weighted by molar-refractivity contribution is 5.94. The molecule has 182 valence electrons. The van der Waals surface area contributed by atoms with Crippen molar-refractivity contribution in [3.8, 4) is 5.75 Å². The highest BCUT2D eigenvalue weighted by Crippen LogP contribution is 2.33. The fourth-order valence-corrected chi connectivity index (χ4v) is 5.31. The smallest absolute Gasteiger partial charge is 0.254 e. The van der Waals surface area contributed by atoms with Gasteiger partial charge in [0.05, 0.1) is 19.3 Å². The van der Waals surface area contributed by atoms with Crippen molar-refractivity contribution in [2.24, 2.45) is 11.8 Å². The maximum absolute atomic E-state index is 13.3. The fraction of sp³-hybridized carbons (Fsp3) is 0.593. The minimum absolute atomic E-state index is 0.0561. The lowest BCUT2D eigenvalue weighted by molar-refractivity contribution is 0.0733. The van der Waals surface area contributed by atoms with Gasteiger partial charge in [0.1, 0.15) is 11.6 Å². The van der Waals surface area contributed by atoms with E-state index < -0.39 is 0 Å². The topological polar surface area (TPSA) is 61.8 Å². The van der Waals surface area contributed by atoms with E-state index in [4.69, 9.17) is 14.7 Å². The van der Waals surface area contributed by atoms with Crippen LogP contribution >= 0.6 is 0 Å². The van der Waals surface area contributed by atoms with E-state index in [2.05, 4.69) is 23.6 Å². The van der Waals surface area contributed by atoms with Crippen LogP contribution in [0, 0.1) is 11.8 Å². The quantitative estimate of drug-likeness (QED) is 0.679. The van der Waals surface area contributed by atoms with E-state index >= 15 is 0 Å². The summed E-state index contributed by atoms with van der Waals surface area (Å²) >= 11 is 0. The second-order valence-electron chi connectivity index (χ2n) is 10.3. The third kappa shape index (κ3) is 4.70. The first-order valence-corrected chi connectivity index (χ1v) is 12.8. The predicted octanol–water partition coefficient (Wildman–Crippen LogP) is 4.16. The average Bonchev–Trinajstić information content (AvgIpc) is 2.88. The second kappa shape index (κ2) is 9.80. The standard InChI is InChI=1S/C27H37N5O2/c1-19-8-13-30(14-9-19)25-23-18-32(26(33)21-4-6-22(34-3)7-5-21)17-12-24(23)28-27(29-25)31-15-10-20(2)11-16-31/h4-7,19-20H,8-18H2,1-3H3. The SMILES string of the molecule is COc1ccc(C(=O)N2CCc3nc(N4CCC(C)CC4)nc(N4CCC(C)CC4)c3C2)cc1. The molecule has 7 nitrogen and oxygen atoms in total.